The topological polar surface area (TPSA) is 223 Å². The molecule has 0 saturated carbocycles. The van der Waals surface area contributed by atoms with Gasteiger partial charge in [-0.3, -0.25) is 33.4 Å². The van der Waals surface area contributed by atoms with Crippen LogP contribution in [0.1, 0.15) is 177 Å². The van der Waals surface area contributed by atoms with E-state index in [1.807, 2.05) is 129 Å². The van der Waals surface area contributed by atoms with Crippen molar-refractivity contribution in [1.29, 1.82) is 0 Å². The molecule has 6 unspecified atom stereocenters. The van der Waals surface area contributed by atoms with Gasteiger partial charge in [0.1, 0.15) is 16.5 Å². The van der Waals surface area contributed by atoms with Crippen molar-refractivity contribution in [2.75, 3.05) is 121 Å². The minimum atomic E-state index is -0.390. The maximum atomic E-state index is 13.8. The Balaban J connectivity index is 0.000000156. The third-order valence-corrected chi connectivity index (χ3v) is 29.3. The first-order valence-electron chi connectivity index (χ1n) is 43.6. The highest BCUT2D eigenvalue weighted by molar-refractivity contribution is 8.01. The number of thioether (sulfide) groups is 3. The number of amides is 9. The van der Waals surface area contributed by atoms with Gasteiger partial charge < -0.3 is 64.5 Å². The van der Waals surface area contributed by atoms with Crippen LogP contribution in [0.5, 0.6) is 5.75 Å². The molecule has 3 N–H and O–H groups in total. The van der Waals surface area contributed by atoms with Gasteiger partial charge in [0, 0.05) is 165 Å². The number of piperidine rings is 3. The Morgan fingerprint density at radius 3 is 1.56 bits per heavy atom. The van der Waals surface area contributed by atoms with E-state index in [9.17, 15) is 38.4 Å². The van der Waals surface area contributed by atoms with Gasteiger partial charge in [-0.15, -0.1) is 35.3 Å². The highest BCUT2D eigenvalue weighted by Gasteiger charge is 2.47. The third-order valence-electron chi connectivity index (χ3n) is 24.8. The monoisotopic (exact) mass is 1680 g/mol. The van der Waals surface area contributed by atoms with Gasteiger partial charge in [-0.05, 0) is 154 Å². The number of likely N-dealkylation sites (tertiary alicyclic amines) is 3. The summed E-state index contributed by atoms with van der Waals surface area (Å²) in [6.45, 7) is 28.4. The van der Waals surface area contributed by atoms with Crippen LogP contribution >= 0.6 is 35.3 Å². The molecule has 26 heteroatoms. The molecule has 638 valence electrons. The lowest BCUT2D eigenvalue weighted by molar-refractivity contribution is -0.137. The number of hydrogen-bond donors (Lipinski definition) is 3. The zero-order valence-electron chi connectivity index (χ0n) is 70.7. The minimum absolute atomic E-state index is 0. The fourth-order valence-electron chi connectivity index (χ4n) is 18.0. The lowest BCUT2D eigenvalue weighted by atomic mass is 10.0. The molecule has 6 atom stereocenters. The SMILES string of the molecule is CC(C)CCN1C(=O)C(CC(=O)N2CCC(n3c(=O)[nH]c4ccccc43)CC2)SC1c1ccccc1.CC(C)CN1C(=O)C(CC(=O)N2CCC(N3Cc4ccccc4NC3=O)CC2)SC1c1ccccc1N1CCN(C)CC1.CCCOc1ccc(C2SC(CC(=O)N3CCC(N4Cc5ccccc5NC4=O)CC3)CN2CCC(C)C)cc1.[HH]. The van der Waals surface area contributed by atoms with E-state index in [0.29, 0.717) is 89.6 Å². The van der Waals surface area contributed by atoms with Crippen LogP contribution in [-0.4, -0.2) is 228 Å². The number of urea groups is 2. The van der Waals surface area contributed by atoms with E-state index in [2.05, 4.69) is 159 Å². The first kappa shape index (κ1) is 86.4. The van der Waals surface area contributed by atoms with Crippen LogP contribution in [0.3, 0.4) is 0 Å². The number of aromatic nitrogens is 2. The quantitative estimate of drug-likeness (QED) is 0.0512. The first-order valence-corrected chi connectivity index (χ1v) is 46.4. The molecule has 0 spiro atoms. The number of nitrogens with zero attached hydrogens (tertiary/aromatic N) is 11. The van der Waals surface area contributed by atoms with Gasteiger partial charge in [0.15, 0.2) is 0 Å². The Labute approximate surface area is 716 Å². The Bertz CT molecular complexity index is 4700. The lowest BCUT2D eigenvalue weighted by Crippen LogP contribution is -2.51. The molecule has 0 radical (unpaired) electrons. The Hall–Kier alpha value is -8.95. The second-order valence-electron chi connectivity index (χ2n) is 34.7. The van der Waals surface area contributed by atoms with E-state index >= 15 is 0 Å². The Kier molecular flexibility index (Phi) is 29.2. The molecule has 7 saturated heterocycles. The van der Waals surface area contributed by atoms with Gasteiger partial charge in [-0.1, -0.05) is 158 Å². The second-order valence-corrected chi connectivity index (χ2v) is 38.7. The van der Waals surface area contributed by atoms with E-state index in [-0.39, 0.29) is 112 Å². The maximum absolute atomic E-state index is 13.8. The normalized spacial score (nSPS) is 22.3. The third kappa shape index (κ3) is 21.2. The van der Waals surface area contributed by atoms with Crippen molar-refractivity contribution in [3.05, 3.63) is 190 Å². The van der Waals surface area contributed by atoms with E-state index < -0.39 is 0 Å². The number of rotatable bonds is 24. The smallest absolute Gasteiger partial charge is 0.326 e. The summed E-state index contributed by atoms with van der Waals surface area (Å²) >= 11 is 5.18. The molecular weight excluding hydrogens is 1550 g/mol. The second kappa shape index (κ2) is 40.2. The molecule has 10 heterocycles. The molecule has 0 bridgehead atoms. The van der Waals surface area contributed by atoms with Gasteiger partial charge in [0.05, 0.1) is 33.5 Å². The van der Waals surface area contributed by atoms with E-state index in [1.54, 1.807) is 23.5 Å². The average molecular weight is 1680 g/mol. The first-order chi connectivity index (χ1) is 57.6. The zero-order chi connectivity index (χ0) is 83.4. The number of likely N-dealkylation sites (N-methyl/N-ethyl adjacent to an activating group) is 1. The van der Waals surface area contributed by atoms with Gasteiger partial charge >= 0.3 is 17.8 Å². The van der Waals surface area contributed by atoms with Crippen molar-refractivity contribution in [2.24, 2.45) is 17.8 Å². The molecule has 23 nitrogen and oxygen atoms in total. The molecule has 7 aromatic rings. The highest BCUT2D eigenvalue weighted by atomic mass is 32.2. The summed E-state index contributed by atoms with van der Waals surface area (Å²) in [5, 5.41) is 5.70. The maximum Gasteiger partial charge on any atom is 0.326 e. The molecule has 9 aliphatic rings. The van der Waals surface area contributed by atoms with Crippen molar-refractivity contribution < 1.29 is 39.7 Å². The van der Waals surface area contributed by atoms with Crippen LogP contribution < -0.4 is 26.0 Å². The number of fused-ring (bicyclic) bond motifs is 3. The van der Waals surface area contributed by atoms with E-state index in [1.165, 1.54) is 16.8 Å². The number of para-hydroxylation sites is 5. The number of piperazine rings is 1. The molecule has 9 aliphatic heterocycles. The van der Waals surface area contributed by atoms with Gasteiger partial charge in [0.25, 0.3) is 0 Å². The fourth-order valence-corrected chi connectivity index (χ4v) is 22.6. The number of hydrogen-bond acceptors (Lipinski definition) is 15. The largest absolute Gasteiger partial charge is 0.494 e. The van der Waals surface area contributed by atoms with Crippen molar-refractivity contribution in [3.63, 3.8) is 0 Å². The number of carbonyl (C=O) groups is 7. The number of anilines is 3. The summed E-state index contributed by atoms with van der Waals surface area (Å²) in [7, 11) is 2.16. The van der Waals surface area contributed by atoms with Crippen molar-refractivity contribution in [3.8, 4) is 5.75 Å². The van der Waals surface area contributed by atoms with Crippen LogP contribution in [-0.2, 0) is 37.1 Å². The summed E-state index contributed by atoms with van der Waals surface area (Å²) < 4.78 is 7.63. The van der Waals surface area contributed by atoms with Crippen LogP contribution in [0.4, 0.5) is 26.7 Å². The van der Waals surface area contributed by atoms with Crippen molar-refractivity contribution in [2.45, 2.75) is 189 Å². The van der Waals surface area contributed by atoms with Gasteiger partial charge in [-0.25, -0.2) is 14.4 Å². The van der Waals surface area contributed by atoms with Crippen molar-refractivity contribution >= 4 is 105 Å². The number of H-pyrrole nitrogens is 1. The molecule has 0 aliphatic carbocycles. The molecular formula is C93H124N14O9S3. The number of carbonyl (C=O) groups excluding carboxylic acids is 7. The van der Waals surface area contributed by atoms with Crippen LogP contribution in [0, 0.1) is 17.8 Å². The summed E-state index contributed by atoms with van der Waals surface area (Å²) in [6, 6.07) is 51.0. The molecule has 7 fully saturated rings. The molecule has 6 aromatic carbocycles. The molecule has 16 rings (SSSR count). The predicted molar refractivity (Wildman–Crippen MR) is 481 cm³/mol. The van der Waals surface area contributed by atoms with Gasteiger partial charge in [0.2, 0.25) is 29.5 Å². The number of ether oxygens (including phenoxy) is 1. The molecule has 119 heavy (non-hydrogen) atoms. The summed E-state index contributed by atoms with van der Waals surface area (Å²) in [5.41, 5.74) is 10.5. The average Bonchev–Trinajstić information content (AvgIpc) is 1.53. The molecule has 1 aromatic heterocycles. The van der Waals surface area contributed by atoms with E-state index in [0.717, 1.165) is 149 Å². The summed E-state index contributed by atoms with van der Waals surface area (Å²) in [5.74, 6) is 2.86. The number of aromatic amines is 1. The van der Waals surface area contributed by atoms with Gasteiger partial charge in [-0.2, -0.15) is 0 Å². The van der Waals surface area contributed by atoms with Crippen molar-refractivity contribution in [1.82, 2.24) is 53.7 Å². The molecule has 9 amide bonds. The van der Waals surface area contributed by atoms with Crippen LogP contribution in [0.25, 0.3) is 11.0 Å². The summed E-state index contributed by atoms with van der Waals surface area (Å²) in [6.07, 6.45) is 8.70. The fraction of sp³-hybridized carbons (Fsp3) is 0.527. The number of benzene rings is 6. The Morgan fingerprint density at radius 1 is 0.496 bits per heavy atom. The van der Waals surface area contributed by atoms with Crippen LogP contribution in [0.15, 0.2) is 156 Å². The highest BCUT2D eigenvalue weighted by Crippen LogP contribution is 2.50. The Morgan fingerprint density at radius 2 is 0.992 bits per heavy atom. The minimum Gasteiger partial charge on any atom is -0.494 e. The predicted octanol–water partition coefficient (Wildman–Crippen LogP) is 15.7. The van der Waals surface area contributed by atoms with E-state index in [4.69, 9.17) is 4.74 Å². The summed E-state index contributed by atoms with van der Waals surface area (Å²) in [4.78, 5) is 130. The number of nitrogens with one attached hydrogen (secondary N) is 3. The zero-order valence-corrected chi connectivity index (χ0v) is 73.1. The number of imidazole rings is 1. The lowest BCUT2D eigenvalue weighted by Gasteiger charge is -2.40. The standard InChI is InChI=1S/C33H44N6O3S.C32H44N4O3S.C28H34N4O3S.H2/c1-23(2)21-39-31(41)29(43-32(39)26-9-5-7-11-28(26)36-18-16-35(3)17-19-36)20-30(40)37-14-12-25(13-15-37)38-22-24-8-4-6-10-27(24)34-33(38)42;1-4-19-39-27-11-9-24(10-12-27)31-35(16-13-23(2)3)22-28(40-31)20-30(37)34-17-14-26(15-18-34)36-21-25-7-5-6-8-29(25)33-32(36)38;1-19(2)12-17-31-26(34)24(36-27(31)20-8-4-3-5-9-20)18-25(33)30-15-13-21(14-16-30)32-23-11-7-6-10-22(23)29-28(32)35;/h4-11,23,25,29,32H,12-22H2,1-3H3,(H,34,42);5-12,23,26,28,31H,4,13-22H2,1-3H3,(H,33,38);3-11,19,21,24,27H,12-18H2,1-2H3,(H,29,35);1H. The van der Waals surface area contributed by atoms with Crippen LogP contribution in [0.2, 0.25) is 0 Å².